The van der Waals surface area contributed by atoms with Crippen molar-refractivity contribution in [1.82, 2.24) is 0 Å². The van der Waals surface area contributed by atoms with Crippen molar-refractivity contribution in [3.63, 3.8) is 0 Å². The van der Waals surface area contributed by atoms with Crippen molar-refractivity contribution >= 4 is 18.4 Å². The Bertz CT molecular complexity index is 352. The van der Waals surface area contributed by atoms with E-state index < -0.39 is 24.0 Å². The summed E-state index contributed by atoms with van der Waals surface area (Å²) in [6.45, 7) is 11.6. The van der Waals surface area contributed by atoms with Gasteiger partial charge >= 0.3 is 150 Å². The number of unbranched alkanes of at least 4 members (excludes halogenated alkanes) is 3. The molecule has 23 heavy (non-hydrogen) atoms. The molecular weight excluding hydrogens is 387 g/mol. The Morgan fingerprint density at radius 2 is 1.57 bits per heavy atom. The van der Waals surface area contributed by atoms with Crippen molar-refractivity contribution in [1.29, 1.82) is 0 Å². The van der Waals surface area contributed by atoms with Gasteiger partial charge in [-0.2, -0.15) is 0 Å². The maximum atomic E-state index is 11.0. The first-order valence-corrected chi connectivity index (χ1v) is 17.6. The molecule has 1 aliphatic rings. The van der Waals surface area contributed by atoms with Crippen molar-refractivity contribution in [2.45, 2.75) is 104 Å². The molecule has 2 heteroatoms. The molecule has 134 valence electrons. The molecule has 0 aliphatic heterocycles. The van der Waals surface area contributed by atoms with E-state index in [1.807, 2.05) is 0 Å². The van der Waals surface area contributed by atoms with E-state index in [0.717, 1.165) is 25.7 Å². The van der Waals surface area contributed by atoms with Crippen LogP contribution in [0, 0.1) is 0 Å². The molecule has 0 spiro atoms. The molecule has 0 aromatic heterocycles. The van der Waals surface area contributed by atoms with E-state index >= 15 is 0 Å². The first kappa shape index (κ1) is 21.3. The van der Waals surface area contributed by atoms with E-state index in [2.05, 4.69) is 39.5 Å². The second kappa shape index (κ2) is 11.0. The molecule has 0 radical (unpaired) electrons. The molecule has 0 saturated heterocycles. The van der Waals surface area contributed by atoms with Gasteiger partial charge in [-0.05, 0) is 0 Å². The fourth-order valence-electron chi connectivity index (χ4n) is 4.07. The third-order valence-electron chi connectivity index (χ3n) is 5.70. The number of hydrogen-bond donors (Lipinski definition) is 1. The summed E-state index contributed by atoms with van der Waals surface area (Å²) >= 11 is -2.37. The van der Waals surface area contributed by atoms with Gasteiger partial charge in [-0.1, -0.05) is 0 Å². The van der Waals surface area contributed by atoms with Gasteiger partial charge in [0.1, 0.15) is 0 Å². The second-order valence-corrected chi connectivity index (χ2v) is 21.4. The van der Waals surface area contributed by atoms with Crippen LogP contribution in [0.15, 0.2) is 22.3 Å². The molecular formula is C21H40OSn. The van der Waals surface area contributed by atoms with Crippen LogP contribution < -0.4 is 0 Å². The van der Waals surface area contributed by atoms with Crippen LogP contribution in [0.4, 0.5) is 0 Å². The van der Waals surface area contributed by atoms with Gasteiger partial charge in [-0.15, -0.1) is 0 Å². The van der Waals surface area contributed by atoms with Crippen LogP contribution >= 0.6 is 0 Å². The Hall–Kier alpha value is 0.239. The molecule has 0 heterocycles. The van der Waals surface area contributed by atoms with Gasteiger partial charge in [0.2, 0.25) is 0 Å². The topological polar surface area (TPSA) is 20.2 Å². The molecule has 0 fully saturated rings. The van der Waals surface area contributed by atoms with Crippen LogP contribution in [0.3, 0.4) is 0 Å². The van der Waals surface area contributed by atoms with Crippen molar-refractivity contribution in [3.05, 3.63) is 22.3 Å². The van der Waals surface area contributed by atoms with Crippen molar-refractivity contribution in [3.8, 4) is 0 Å². The molecule has 1 rings (SSSR count). The van der Waals surface area contributed by atoms with Crippen LogP contribution in [0.5, 0.6) is 0 Å². The molecule has 0 aromatic rings. The summed E-state index contributed by atoms with van der Waals surface area (Å²) in [5.41, 5.74) is -0.581. The summed E-state index contributed by atoms with van der Waals surface area (Å²) in [5.74, 6) is 0. The zero-order valence-corrected chi connectivity index (χ0v) is 18.9. The van der Waals surface area contributed by atoms with Crippen molar-refractivity contribution in [2.24, 2.45) is 0 Å². The standard InChI is InChI=1S/C9H13O.3C4H9.Sn/c1-2-6-9(10)7-4-3-5-8-9;3*1-3-4-2;/h4,7,10H,1,3,5-6,8H2;3*1,3-4H2,2H3;. The van der Waals surface area contributed by atoms with Crippen LogP contribution in [-0.4, -0.2) is 29.1 Å². The fraction of sp³-hybridized carbons (Fsp3) is 0.810. The van der Waals surface area contributed by atoms with Crippen LogP contribution in [0.1, 0.15) is 85.0 Å². The monoisotopic (exact) mass is 428 g/mol. The Morgan fingerprint density at radius 1 is 1.04 bits per heavy atom. The first-order valence-electron chi connectivity index (χ1n) is 10.1. The minimum atomic E-state index is -2.37. The van der Waals surface area contributed by atoms with Crippen LogP contribution in [0.25, 0.3) is 0 Å². The van der Waals surface area contributed by atoms with Crippen LogP contribution in [0.2, 0.25) is 13.3 Å². The third-order valence-corrected chi connectivity index (χ3v) is 21.7. The van der Waals surface area contributed by atoms with E-state index in [1.54, 1.807) is 0 Å². The molecule has 1 unspecified atom stereocenters. The van der Waals surface area contributed by atoms with Gasteiger partial charge in [0.05, 0.1) is 0 Å². The van der Waals surface area contributed by atoms with Crippen molar-refractivity contribution in [2.75, 3.05) is 0 Å². The van der Waals surface area contributed by atoms with E-state index in [-0.39, 0.29) is 0 Å². The van der Waals surface area contributed by atoms with Gasteiger partial charge in [0, 0.05) is 0 Å². The summed E-state index contributed by atoms with van der Waals surface area (Å²) in [7, 11) is 0. The molecule has 0 bridgehead atoms. The predicted octanol–water partition coefficient (Wildman–Crippen LogP) is 6.79. The molecule has 1 nitrogen and oxygen atoms in total. The molecule has 1 aliphatic carbocycles. The molecule has 0 saturated carbocycles. The first-order chi connectivity index (χ1) is 11.0. The predicted molar refractivity (Wildman–Crippen MR) is 107 cm³/mol. The summed E-state index contributed by atoms with van der Waals surface area (Å²) in [6.07, 6.45) is 16.3. The van der Waals surface area contributed by atoms with E-state index in [4.69, 9.17) is 0 Å². The number of aliphatic hydroxyl groups is 1. The molecule has 0 aromatic carbocycles. The third kappa shape index (κ3) is 6.94. The van der Waals surface area contributed by atoms with Gasteiger partial charge in [0.25, 0.3) is 0 Å². The average molecular weight is 427 g/mol. The number of allylic oxidation sites excluding steroid dienone is 1. The molecule has 1 N–H and O–H groups in total. The minimum absolute atomic E-state index is 0.581. The summed E-state index contributed by atoms with van der Waals surface area (Å²) < 4.78 is 5.92. The van der Waals surface area contributed by atoms with E-state index in [1.165, 1.54) is 55.4 Å². The van der Waals surface area contributed by atoms with E-state index in [9.17, 15) is 5.11 Å². The number of hydrogen-bond acceptors (Lipinski definition) is 1. The Balaban J connectivity index is 2.90. The second-order valence-electron chi connectivity index (χ2n) is 7.77. The van der Waals surface area contributed by atoms with Crippen molar-refractivity contribution < 1.29 is 5.11 Å². The summed E-state index contributed by atoms with van der Waals surface area (Å²) in [4.78, 5) is 0. The molecule has 0 amide bonds. The van der Waals surface area contributed by atoms with E-state index in [0.29, 0.717) is 0 Å². The zero-order valence-electron chi connectivity index (χ0n) is 16.0. The fourth-order valence-corrected chi connectivity index (χ4v) is 20.0. The normalized spacial score (nSPS) is 21.6. The number of rotatable bonds is 12. The quantitative estimate of drug-likeness (QED) is 0.269. The summed E-state index contributed by atoms with van der Waals surface area (Å²) in [5, 5.41) is 11.0. The molecule has 1 atom stereocenters. The Labute approximate surface area is 149 Å². The average Bonchev–Trinajstić information content (AvgIpc) is 2.54. The zero-order chi connectivity index (χ0) is 17.2. The van der Waals surface area contributed by atoms with Gasteiger partial charge in [-0.3, -0.25) is 0 Å². The Kier molecular flexibility index (Phi) is 10.2. The SMILES string of the molecule is C=[C](CC1(O)C=CCCC1)[Sn]([CH2]CCC)([CH2]CCC)[CH2]CCC. The van der Waals surface area contributed by atoms with Gasteiger partial charge in [0.15, 0.2) is 0 Å². The maximum absolute atomic E-state index is 11.0. The van der Waals surface area contributed by atoms with Crippen LogP contribution in [-0.2, 0) is 0 Å². The Morgan fingerprint density at radius 3 is 1.96 bits per heavy atom. The summed E-state index contributed by atoms with van der Waals surface area (Å²) in [6, 6.07) is 0. The van der Waals surface area contributed by atoms with Gasteiger partial charge in [-0.25, -0.2) is 0 Å². The van der Waals surface area contributed by atoms with Gasteiger partial charge < -0.3 is 0 Å².